The van der Waals surface area contributed by atoms with E-state index in [9.17, 15) is 14.4 Å². The SMILES string of the molecule is CC.CC.CC.COc1c(Cl)ccc2c1CN(C1CCC(=O)NC1=O)C2=O. The number of methoxy groups -OCH3 is 1. The van der Waals surface area contributed by atoms with Crippen LogP contribution < -0.4 is 10.1 Å². The summed E-state index contributed by atoms with van der Waals surface area (Å²) < 4.78 is 5.25. The number of piperidine rings is 1. The summed E-state index contributed by atoms with van der Waals surface area (Å²) in [6.07, 6.45) is 0.564. The summed E-state index contributed by atoms with van der Waals surface area (Å²) in [4.78, 5) is 37.1. The third kappa shape index (κ3) is 5.45. The standard InChI is InChI=1S/C14H13ClN2O4.3C2H6/c1-21-12-8-6-17(10-4-5-11(18)16-13(10)19)14(20)7(8)2-3-9(12)15;3*1-2/h2-3,10H,4-6H2,1H3,(H,16,18,19);3*1-2H3. The van der Waals surface area contributed by atoms with Gasteiger partial charge in [0.05, 0.1) is 18.7 Å². The van der Waals surface area contributed by atoms with Crippen LogP contribution in [0.15, 0.2) is 12.1 Å². The van der Waals surface area contributed by atoms with Gasteiger partial charge in [0.25, 0.3) is 5.91 Å². The van der Waals surface area contributed by atoms with E-state index in [0.717, 1.165) is 0 Å². The van der Waals surface area contributed by atoms with Crippen LogP contribution in [0, 0.1) is 0 Å². The Morgan fingerprint density at radius 2 is 1.67 bits per heavy atom. The second kappa shape index (κ2) is 12.3. The molecule has 0 bridgehead atoms. The monoisotopic (exact) mass is 398 g/mol. The Morgan fingerprint density at radius 3 is 2.19 bits per heavy atom. The van der Waals surface area contributed by atoms with E-state index in [0.29, 0.717) is 28.3 Å². The van der Waals surface area contributed by atoms with Gasteiger partial charge in [-0.2, -0.15) is 0 Å². The van der Waals surface area contributed by atoms with E-state index < -0.39 is 11.9 Å². The van der Waals surface area contributed by atoms with Crippen LogP contribution in [0.4, 0.5) is 0 Å². The molecule has 7 heteroatoms. The van der Waals surface area contributed by atoms with Crippen molar-refractivity contribution < 1.29 is 19.1 Å². The average Bonchev–Trinajstić information content (AvgIpc) is 3.03. The molecule has 1 aromatic rings. The molecule has 6 nitrogen and oxygen atoms in total. The normalized spacial score (nSPS) is 17.3. The zero-order valence-electron chi connectivity index (χ0n) is 17.3. The molecule has 152 valence electrons. The Hall–Kier alpha value is -2.08. The van der Waals surface area contributed by atoms with Gasteiger partial charge in [-0.25, -0.2) is 0 Å². The third-order valence-corrected chi connectivity index (χ3v) is 4.12. The van der Waals surface area contributed by atoms with Crippen LogP contribution in [0.3, 0.4) is 0 Å². The summed E-state index contributed by atoms with van der Waals surface area (Å²) in [6.45, 7) is 12.3. The lowest BCUT2D eigenvalue weighted by molar-refractivity contribution is -0.136. The number of ether oxygens (including phenoxy) is 1. The summed E-state index contributed by atoms with van der Waals surface area (Å²) in [5.74, 6) is -0.523. The van der Waals surface area contributed by atoms with Gasteiger partial charge in [0.2, 0.25) is 11.8 Å². The van der Waals surface area contributed by atoms with Gasteiger partial charge in [-0.3, -0.25) is 19.7 Å². The second-order valence-electron chi connectivity index (χ2n) is 5.01. The van der Waals surface area contributed by atoms with E-state index in [1.807, 2.05) is 41.5 Å². The molecule has 1 aromatic carbocycles. The molecule has 1 saturated heterocycles. The van der Waals surface area contributed by atoms with E-state index in [2.05, 4.69) is 5.32 Å². The highest BCUT2D eigenvalue weighted by Crippen LogP contribution is 2.37. The fourth-order valence-electron chi connectivity index (χ4n) is 2.81. The lowest BCUT2D eigenvalue weighted by atomic mass is 10.0. The third-order valence-electron chi connectivity index (χ3n) is 3.82. The molecule has 2 aliphatic heterocycles. The fourth-order valence-corrected chi connectivity index (χ4v) is 3.06. The number of nitrogens with one attached hydrogen (secondary N) is 1. The first kappa shape index (κ1) is 24.9. The van der Waals surface area contributed by atoms with Crippen molar-refractivity contribution in [2.75, 3.05) is 7.11 Å². The number of rotatable bonds is 2. The number of fused-ring (bicyclic) bond motifs is 1. The van der Waals surface area contributed by atoms with Crippen molar-refractivity contribution in [1.82, 2.24) is 10.2 Å². The summed E-state index contributed by atoms with van der Waals surface area (Å²) >= 11 is 6.06. The quantitative estimate of drug-likeness (QED) is 0.758. The smallest absolute Gasteiger partial charge is 0.255 e. The molecular weight excluding hydrogens is 368 g/mol. The lowest BCUT2D eigenvalue weighted by Crippen LogP contribution is -2.52. The lowest BCUT2D eigenvalue weighted by Gasteiger charge is -2.29. The number of imide groups is 1. The maximum absolute atomic E-state index is 12.5. The Bertz CT molecular complexity index is 662. The van der Waals surface area contributed by atoms with E-state index in [-0.39, 0.29) is 24.8 Å². The fraction of sp³-hybridized carbons (Fsp3) is 0.550. The van der Waals surface area contributed by atoms with E-state index in [1.165, 1.54) is 12.0 Å². The predicted octanol–water partition coefficient (Wildman–Crippen LogP) is 4.19. The van der Waals surface area contributed by atoms with E-state index >= 15 is 0 Å². The van der Waals surface area contributed by atoms with Gasteiger partial charge < -0.3 is 9.64 Å². The first-order valence-corrected chi connectivity index (χ1v) is 9.90. The number of carbonyl (C=O) groups excluding carboxylic acids is 3. The molecule has 3 amide bonds. The molecule has 2 heterocycles. The molecule has 0 saturated carbocycles. The van der Waals surface area contributed by atoms with Crippen LogP contribution in [0.25, 0.3) is 0 Å². The Balaban J connectivity index is 0.00000103. The van der Waals surface area contributed by atoms with Gasteiger partial charge in [-0.05, 0) is 18.6 Å². The highest BCUT2D eigenvalue weighted by atomic mass is 35.5. The first-order valence-electron chi connectivity index (χ1n) is 9.53. The molecule has 27 heavy (non-hydrogen) atoms. The van der Waals surface area contributed by atoms with Gasteiger partial charge in [0.1, 0.15) is 11.8 Å². The summed E-state index contributed by atoms with van der Waals surface area (Å²) in [5.41, 5.74) is 1.17. The highest BCUT2D eigenvalue weighted by Gasteiger charge is 2.40. The molecule has 0 aromatic heterocycles. The molecule has 1 atom stereocenters. The first-order chi connectivity index (χ1) is 13.0. The molecule has 3 rings (SSSR count). The van der Waals surface area contributed by atoms with Crippen molar-refractivity contribution >= 4 is 29.3 Å². The van der Waals surface area contributed by atoms with Crippen LogP contribution >= 0.6 is 11.6 Å². The summed E-state index contributed by atoms with van der Waals surface area (Å²) in [7, 11) is 1.49. The van der Waals surface area contributed by atoms with Crippen LogP contribution in [0.5, 0.6) is 5.75 Å². The van der Waals surface area contributed by atoms with Crippen LogP contribution in [0.1, 0.15) is 70.3 Å². The Morgan fingerprint density at radius 1 is 1.07 bits per heavy atom. The molecule has 0 spiro atoms. The maximum atomic E-state index is 12.5. The van der Waals surface area contributed by atoms with Gasteiger partial charge in [0.15, 0.2) is 0 Å². The molecule has 0 radical (unpaired) electrons. The number of benzene rings is 1. The zero-order chi connectivity index (χ0) is 21.1. The van der Waals surface area contributed by atoms with Gasteiger partial charge >= 0.3 is 0 Å². The molecule has 1 fully saturated rings. The van der Waals surface area contributed by atoms with Crippen LogP contribution in [-0.2, 0) is 16.1 Å². The van der Waals surface area contributed by atoms with Crippen LogP contribution in [-0.4, -0.2) is 35.8 Å². The number of amides is 3. The van der Waals surface area contributed by atoms with Gasteiger partial charge in [-0.1, -0.05) is 53.1 Å². The number of nitrogens with zero attached hydrogens (tertiary/aromatic N) is 1. The summed E-state index contributed by atoms with van der Waals surface area (Å²) in [5, 5.41) is 2.69. The van der Waals surface area contributed by atoms with Crippen molar-refractivity contribution in [1.29, 1.82) is 0 Å². The largest absolute Gasteiger partial charge is 0.495 e. The Labute approximate surface area is 167 Å². The number of carbonyl (C=O) groups is 3. The maximum Gasteiger partial charge on any atom is 0.255 e. The average molecular weight is 399 g/mol. The number of halogens is 1. The second-order valence-corrected chi connectivity index (χ2v) is 5.41. The zero-order valence-corrected chi connectivity index (χ0v) is 18.1. The van der Waals surface area contributed by atoms with Crippen molar-refractivity contribution in [3.8, 4) is 5.75 Å². The highest BCUT2D eigenvalue weighted by molar-refractivity contribution is 6.32. The molecule has 2 aliphatic rings. The predicted molar refractivity (Wildman–Crippen MR) is 108 cm³/mol. The van der Waals surface area contributed by atoms with Gasteiger partial charge in [-0.15, -0.1) is 0 Å². The minimum atomic E-state index is -0.633. The molecular formula is C20H31ClN2O4. The van der Waals surface area contributed by atoms with Gasteiger partial charge in [0, 0.05) is 17.5 Å². The van der Waals surface area contributed by atoms with Crippen molar-refractivity contribution in [3.05, 3.63) is 28.3 Å². The van der Waals surface area contributed by atoms with Crippen LogP contribution in [0.2, 0.25) is 5.02 Å². The molecule has 0 aliphatic carbocycles. The van der Waals surface area contributed by atoms with Crippen molar-refractivity contribution in [2.45, 2.75) is 67.0 Å². The van der Waals surface area contributed by atoms with Crippen molar-refractivity contribution in [3.63, 3.8) is 0 Å². The molecule has 1 unspecified atom stereocenters. The number of hydrogen-bond acceptors (Lipinski definition) is 4. The minimum absolute atomic E-state index is 0.231. The van der Waals surface area contributed by atoms with E-state index in [4.69, 9.17) is 16.3 Å². The van der Waals surface area contributed by atoms with Crippen molar-refractivity contribution in [2.24, 2.45) is 0 Å². The Kier molecular flexibility index (Phi) is 11.4. The molecule has 1 N–H and O–H groups in total. The summed E-state index contributed by atoms with van der Waals surface area (Å²) in [6, 6.07) is 2.60. The number of hydrogen-bond donors (Lipinski definition) is 1. The minimum Gasteiger partial charge on any atom is -0.495 e. The van der Waals surface area contributed by atoms with E-state index in [1.54, 1.807) is 12.1 Å². The topological polar surface area (TPSA) is 75.7 Å².